The summed E-state index contributed by atoms with van der Waals surface area (Å²) in [5.41, 5.74) is 16.4. The predicted molar refractivity (Wildman–Crippen MR) is 232 cm³/mol. The largest absolute Gasteiger partial charge is 0.311 e. The van der Waals surface area contributed by atoms with Crippen molar-refractivity contribution in [1.82, 2.24) is 0 Å². The molecular weight excluding hydrogens is 639 g/mol. The molecule has 2 unspecified atom stereocenters. The Morgan fingerprint density at radius 1 is 0.472 bits per heavy atom. The van der Waals surface area contributed by atoms with Crippen molar-refractivity contribution in [3.05, 3.63) is 137 Å². The molecule has 1 heteroatoms. The van der Waals surface area contributed by atoms with Crippen molar-refractivity contribution >= 4 is 17.1 Å². The molecule has 0 bridgehead atoms. The third-order valence-corrected chi connectivity index (χ3v) is 12.3. The fourth-order valence-electron chi connectivity index (χ4n) is 8.82. The van der Waals surface area contributed by atoms with Crippen molar-refractivity contribution in [2.24, 2.45) is 0 Å². The fourth-order valence-corrected chi connectivity index (χ4v) is 8.82. The topological polar surface area (TPSA) is 3.24 Å². The maximum Gasteiger partial charge on any atom is 0.0462 e. The lowest BCUT2D eigenvalue weighted by Gasteiger charge is -2.33. The molecule has 53 heavy (non-hydrogen) atoms. The number of nitrogens with zero attached hydrogens (tertiary/aromatic N) is 1. The SMILES string of the molecule is CCCCCCCCC1(CCCCCCC)c2cc(C)ccc2-c2ccc(-c3ccc(N(c4ccc(C)cc4)c4ccc(C(C)CC)cc4)cc3)cc21. The lowest BCUT2D eigenvalue weighted by molar-refractivity contribution is 0.398. The minimum absolute atomic E-state index is 0.0906. The average molecular weight is 704 g/mol. The Morgan fingerprint density at radius 3 is 1.49 bits per heavy atom. The van der Waals surface area contributed by atoms with Gasteiger partial charge in [0.15, 0.2) is 0 Å². The Morgan fingerprint density at radius 2 is 0.925 bits per heavy atom. The zero-order chi connectivity index (χ0) is 37.2. The van der Waals surface area contributed by atoms with Crippen molar-refractivity contribution < 1.29 is 0 Å². The molecule has 2 atom stereocenters. The van der Waals surface area contributed by atoms with Crippen LogP contribution in [0, 0.1) is 13.8 Å². The van der Waals surface area contributed by atoms with Gasteiger partial charge in [0.2, 0.25) is 0 Å². The van der Waals surface area contributed by atoms with Gasteiger partial charge in [-0.25, -0.2) is 0 Å². The Balaban J connectivity index is 1.35. The van der Waals surface area contributed by atoms with Crippen LogP contribution in [0.2, 0.25) is 0 Å². The molecule has 0 fully saturated rings. The molecule has 0 radical (unpaired) electrons. The van der Waals surface area contributed by atoms with E-state index in [-0.39, 0.29) is 5.41 Å². The highest BCUT2D eigenvalue weighted by Crippen LogP contribution is 2.55. The minimum Gasteiger partial charge on any atom is -0.311 e. The number of unbranched alkanes of at least 4 members (excludes halogenated alkanes) is 9. The highest BCUT2D eigenvalue weighted by atomic mass is 15.1. The van der Waals surface area contributed by atoms with E-state index in [0.717, 1.165) is 6.42 Å². The number of hydrogen-bond donors (Lipinski definition) is 0. The molecule has 6 rings (SSSR count). The molecule has 5 aromatic carbocycles. The Bertz CT molecular complexity index is 1880. The number of hydrogen-bond acceptors (Lipinski definition) is 1. The van der Waals surface area contributed by atoms with Crippen molar-refractivity contribution in [1.29, 1.82) is 0 Å². The summed E-state index contributed by atoms with van der Waals surface area (Å²) in [7, 11) is 0. The number of aryl methyl sites for hydroxylation is 2. The average Bonchev–Trinajstić information content (AvgIpc) is 3.45. The molecule has 5 aromatic rings. The summed E-state index contributed by atoms with van der Waals surface area (Å²) in [6.07, 6.45) is 18.3. The first kappa shape index (κ1) is 38.6. The van der Waals surface area contributed by atoms with Crippen molar-refractivity contribution in [2.45, 2.75) is 143 Å². The number of anilines is 3. The van der Waals surface area contributed by atoms with Gasteiger partial charge >= 0.3 is 0 Å². The van der Waals surface area contributed by atoms with E-state index < -0.39 is 0 Å². The molecule has 0 amide bonds. The molecule has 0 heterocycles. The Hall–Kier alpha value is -4.10. The van der Waals surface area contributed by atoms with E-state index >= 15 is 0 Å². The molecule has 0 spiro atoms. The van der Waals surface area contributed by atoms with Gasteiger partial charge in [0.05, 0.1) is 0 Å². The summed E-state index contributed by atoms with van der Waals surface area (Å²) < 4.78 is 0. The third-order valence-electron chi connectivity index (χ3n) is 12.3. The first-order chi connectivity index (χ1) is 25.9. The van der Waals surface area contributed by atoms with Gasteiger partial charge in [-0.15, -0.1) is 0 Å². The molecule has 1 nitrogen and oxygen atoms in total. The zero-order valence-corrected chi connectivity index (χ0v) is 33.8. The van der Waals surface area contributed by atoms with Crippen LogP contribution in [0.1, 0.15) is 151 Å². The van der Waals surface area contributed by atoms with Crippen LogP contribution in [0.3, 0.4) is 0 Å². The monoisotopic (exact) mass is 704 g/mol. The summed E-state index contributed by atoms with van der Waals surface area (Å²) in [5, 5.41) is 0. The third kappa shape index (κ3) is 8.83. The van der Waals surface area contributed by atoms with Gasteiger partial charge in [-0.3, -0.25) is 0 Å². The fraction of sp³-hybridized carbons (Fsp3) is 0.423. The van der Waals surface area contributed by atoms with Gasteiger partial charge in [0.25, 0.3) is 0 Å². The molecule has 1 aliphatic rings. The van der Waals surface area contributed by atoms with E-state index in [1.165, 1.54) is 139 Å². The molecule has 0 saturated heterocycles. The van der Waals surface area contributed by atoms with Crippen LogP contribution < -0.4 is 4.90 Å². The number of benzene rings is 5. The Kier molecular flexibility index (Phi) is 13.3. The second-order valence-electron chi connectivity index (χ2n) is 16.2. The quantitative estimate of drug-likeness (QED) is 0.0774. The van der Waals surface area contributed by atoms with Crippen LogP contribution in [0.5, 0.6) is 0 Å². The van der Waals surface area contributed by atoms with Crippen LogP contribution in [-0.4, -0.2) is 0 Å². The normalized spacial score (nSPS) is 15.3. The molecule has 0 aromatic heterocycles. The smallest absolute Gasteiger partial charge is 0.0462 e. The maximum absolute atomic E-state index is 2.59. The van der Waals surface area contributed by atoms with E-state index in [2.05, 4.69) is 156 Å². The summed E-state index contributed by atoms with van der Waals surface area (Å²) in [6.45, 7) is 13.7. The lowest BCUT2D eigenvalue weighted by atomic mass is 9.70. The summed E-state index contributed by atoms with van der Waals surface area (Å²) in [6, 6.07) is 42.2. The molecule has 0 N–H and O–H groups in total. The van der Waals surface area contributed by atoms with E-state index in [0.29, 0.717) is 5.92 Å². The minimum atomic E-state index is 0.0906. The van der Waals surface area contributed by atoms with Crippen LogP contribution in [0.25, 0.3) is 22.3 Å². The first-order valence-corrected chi connectivity index (χ1v) is 21.2. The summed E-state index contributed by atoms with van der Waals surface area (Å²) in [5.74, 6) is 0.561. The highest BCUT2D eigenvalue weighted by molar-refractivity contribution is 5.85. The van der Waals surface area contributed by atoms with Gasteiger partial charge in [0.1, 0.15) is 0 Å². The highest BCUT2D eigenvalue weighted by Gasteiger charge is 2.42. The number of fused-ring (bicyclic) bond motifs is 3. The second kappa shape index (κ2) is 18.3. The standard InChI is InChI=1S/C52H65N/c1-7-10-12-14-16-18-36-52(35-17-15-13-11-8-2)50-37-40(5)21-33-48(50)49-34-26-44(38-51(49)52)43-24-31-47(32-25-43)53(45-27-19-39(4)20-28-45)46-29-22-42(23-30-46)41(6)9-3/h19-34,37-38,41H,7-18,35-36H2,1-6H3. The molecule has 0 saturated carbocycles. The first-order valence-electron chi connectivity index (χ1n) is 21.2. The van der Waals surface area contributed by atoms with E-state index in [1.54, 1.807) is 11.1 Å². The molecule has 1 aliphatic carbocycles. The van der Waals surface area contributed by atoms with Crippen molar-refractivity contribution in [3.8, 4) is 22.3 Å². The Labute approximate surface area is 322 Å². The van der Waals surface area contributed by atoms with Gasteiger partial charge in [-0.1, -0.05) is 176 Å². The van der Waals surface area contributed by atoms with Gasteiger partial charge in [0, 0.05) is 22.5 Å². The van der Waals surface area contributed by atoms with Gasteiger partial charge < -0.3 is 4.90 Å². The number of rotatable bonds is 19. The zero-order valence-electron chi connectivity index (χ0n) is 33.8. The lowest BCUT2D eigenvalue weighted by Crippen LogP contribution is -2.25. The van der Waals surface area contributed by atoms with Crippen LogP contribution >= 0.6 is 0 Å². The van der Waals surface area contributed by atoms with E-state index in [4.69, 9.17) is 0 Å². The van der Waals surface area contributed by atoms with Crippen molar-refractivity contribution in [3.63, 3.8) is 0 Å². The van der Waals surface area contributed by atoms with Crippen LogP contribution in [-0.2, 0) is 5.41 Å². The predicted octanol–water partition coefficient (Wildman–Crippen LogP) is 16.3. The van der Waals surface area contributed by atoms with E-state index in [9.17, 15) is 0 Å². The summed E-state index contributed by atoms with van der Waals surface area (Å²) >= 11 is 0. The van der Waals surface area contributed by atoms with E-state index in [1.807, 2.05) is 0 Å². The maximum atomic E-state index is 2.59. The second-order valence-corrected chi connectivity index (χ2v) is 16.2. The van der Waals surface area contributed by atoms with Crippen molar-refractivity contribution in [2.75, 3.05) is 4.90 Å². The summed E-state index contributed by atoms with van der Waals surface area (Å²) in [4.78, 5) is 2.40. The molecule has 278 valence electrons. The molecule has 0 aliphatic heterocycles. The van der Waals surface area contributed by atoms with Crippen LogP contribution in [0.4, 0.5) is 17.1 Å². The molecular formula is C52H65N. The van der Waals surface area contributed by atoms with Gasteiger partial charge in [-0.05, 0) is 120 Å². The van der Waals surface area contributed by atoms with Gasteiger partial charge in [-0.2, -0.15) is 0 Å². The van der Waals surface area contributed by atoms with Crippen LogP contribution in [0.15, 0.2) is 109 Å².